The second-order valence-electron chi connectivity index (χ2n) is 4.29. The SMILES string of the molecule is IN1CCN(c2cc3ccccc3cn2)CC1. The highest BCUT2D eigenvalue weighted by molar-refractivity contribution is 14.1. The van der Waals surface area contributed by atoms with Gasteiger partial charge in [-0.05, 0) is 11.5 Å². The van der Waals surface area contributed by atoms with Crippen LogP contribution in [0.3, 0.4) is 0 Å². The zero-order valence-electron chi connectivity index (χ0n) is 9.51. The number of fused-ring (bicyclic) bond motifs is 1. The van der Waals surface area contributed by atoms with Crippen LogP contribution < -0.4 is 4.90 Å². The minimum atomic E-state index is 1.06. The Morgan fingerprint density at radius 1 is 1.00 bits per heavy atom. The summed E-state index contributed by atoms with van der Waals surface area (Å²) in [6.07, 6.45) is 1.97. The van der Waals surface area contributed by atoms with E-state index in [4.69, 9.17) is 0 Å². The van der Waals surface area contributed by atoms with Crippen LogP contribution in [0.5, 0.6) is 0 Å². The monoisotopic (exact) mass is 339 g/mol. The zero-order chi connectivity index (χ0) is 11.7. The fourth-order valence-corrected chi connectivity index (χ4v) is 2.59. The van der Waals surface area contributed by atoms with Gasteiger partial charge in [-0.2, -0.15) is 0 Å². The van der Waals surface area contributed by atoms with Crippen LogP contribution in [0.4, 0.5) is 5.82 Å². The highest BCUT2D eigenvalue weighted by Crippen LogP contribution is 2.20. The Hall–Kier alpha value is -0.880. The van der Waals surface area contributed by atoms with Gasteiger partial charge in [0.1, 0.15) is 5.82 Å². The second kappa shape index (κ2) is 4.78. The molecule has 3 rings (SSSR count). The molecule has 1 aromatic heterocycles. The van der Waals surface area contributed by atoms with E-state index in [9.17, 15) is 0 Å². The molecule has 0 unspecified atom stereocenters. The molecule has 3 nitrogen and oxygen atoms in total. The van der Waals surface area contributed by atoms with Gasteiger partial charge in [0, 0.05) is 60.6 Å². The molecule has 88 valence electrons. The molecule has 0 N–H and O–H groups in total. The molecule has 1 saturated heterocycles. The first-order valence-corrected chi connectivity index (χ1v) is 6.80. The van der Waals surface area contributed by atoms with E-state index < -0.39 is 0 Å². The van der Waals surface area contributed by atoms with Crippen LogP contribution in [0.1, 0.15) is 0 Å². The number of aromatic nitrogens is 1. The Kier molecular flexibility index (Phi) is 3.15. The predicted molar refractivity (Wildman–Crippen MR) is 79.5 cm³/mol. The summed E-state index contributed by atoms with van der Waals surface area (Å²) >= 11 is 2.39. The van der Waals surface area contributed by atoms with E-state index in [1.807, 2.05) is 6.20 Å². The van der Waals surface area contributed by atoms with Crippen LogP contribution in [-0.2, 0) is 0 Å². The standard InChI is InChI=1S/C13H14IN3/c14-17-7-5-16(6-8-17)13-9-11-3-1-2-4-12(11)10-15-13/h1-4,9-10H,5-8H2. The lowest BCUT2D eigenvalue weighted by atomic mass is 10.2. The maximum atomic E-state index is 4.56. The van der Waals surface area contributed by atoms with Crippen molar-refractivity contribution in [2.75, 3.05) is 31.1 Å². The van der Waals surface area contributed by atoms with Crippen molar-refractivity contribution < 1.29 is 0 Å². The van der Waals surface area contributed by atoms with E-state index >= 15 is 0 Å². The number of pyridine rings is 1. The van der Waals surface area contributed by atoms with Crippen molar-refractivity contribution >= 4 is 39.5 Å². The number of benzene rings is 1. The van der Waals surface area contributed by atoms with E-state index in [0.29, 0.717) is 0 Å². The normalized spacial score (nSPS) is 17.6. The molecule has 0 amide bonds. The molecule has 17 heavy (non-hydrogen) atoms. The highest BCUT2D eigenvalue weighted by Gasteiger charge is 2.16. The van der Waals surface area contributed by atoms with Crippen molar-refractivity contribution in [1.29, 1.82) is 0 Å². The van der Waals surface area contributed by atoms with Crippen LogP contribution in [-0.4, -0.2) is 34.3 Å². The lowest BCUT2D eigenvalue weighted by Crippen LogP contribution is -2.42. The fourth-order valence-electron chi connectivity index (χ4n) is 2.16. The molecule has 0 saturated carbocycles. The number of hydrogen-bond acceptors (Lipinski definition) is 3. The zero-order valence-corrected chi connectivity index (χ0v) is 11.7. The number of piperazine rings is 1. The van der Waals surface area contributed by atoms with Crippen LogP contribution in [0.2, 0.25) is 0 Å². The summed E-state index contributed by atoms with van der Waals surface area (Å²) in [5.74, 6) is 1.10. The smallest absolute Gasteiger partial charge is 0.129 e. The van der Waals surface area contributed by atoms with Gasteiger partial charge in [0.05, 0.1) is 0 Å². The molecule has 2 aromatic rings. The van der Waals surface area contributed by atoms with Crippen molar-refractivity contribution in [3.8, 4) is 0 Å². The minimum absolute atomic E-state index is 1.06. The van der Waals surface area contributed by atoms with Crippen LogP contribution in [0.15, 0.2) is 36.5 Å². The summed E-state index contributed by atoms with van der Waals surface area (Å²) in [6.45, 7) is 4.34. The summed E-state index contributed by atoms with van der Waals surface area (Å²) in [5.41, 5.74) is 0. The Morgan fingerprint density at radius 3 is 2.47 bits per heavy atom. The maximum Gasteiger partial charge on any atom is 0.129 e. The number of rotatable bonds is 1. The third-order valence-corrected chi connectivity index (χ3v) is 4.13. The summed E-state index contributed by atoms with van der Waals surface area (Å²) in [7, 11) is 0. The molecule has 0 atom stereocenters. The van der Waals surface area contributed by atoms with Crippen LogP contribution in [0, 0.1) is 0 Å². The van der Waals surface area contributed by atoms with Crippen molar-refractivity contribution in [2.45, 2.75) is 0 Å². The van der Waals surface area contributed by atoms with Crippen LogP contribution >= 0.6 is 22.9 Å². The Bertz CT molecular complexity index is 521. The third-order valence-electron chi connectivity index (χ3n) is 3.17. The maximum absolute atomic E-state index is 4.56. The average molecular weight is 339 g/mol. The second-order valence-corrected chi connectivity index (χ2v) is 5.65. The summed E-state index contributed by atoms with van der Waals surface area (Å²) in [4.78, 5) is 6.92. The lowest BCUT2D eigenvalue weighted by Gasteiger charge is -2.32. The Labute approximate surface area is 115 Å². The average Bonchev–Trinajstić information content (AvgIpc) is 2.39. The van der Waals surface area contributed by atoms with E-state index in [1.54, 1.807) is 0 Å². The minimum Gasteiger partial charge on any atom is -0.354 e. The molecule has 1 aliphatic rings. The highest BCUT2D eigenvalue weighted by atomic mass is 127. The lowest BCUT2D eigenvalue weighted by molar-refractivity contribution is 0.458. The number of nitrogens with zero attached hydrogens (tertiary/aromatic N) is 3. The number of anilines is 1. The van der Waals surface area contributed by atoms with Gasteiger partial charge in [-0.25, -0.2) is 8.10 Å². The molecule has 0 spiro atoms. The van der Waals surface area contributed by atoms with E-state index in [2.05, 4.69) is 66.2 Å². The fraction of sp³-hybridized carbons (Fsp3) is 0.308. The summed E-state index contributed by atoms with van der Waals surface area (Å²) in [5, 5.41) is 2.48. The van der Waals surface area contributed by atoms with Gasteiger partial charge in [-0.15, -0.1) is 0 Å². The van der Waals surface area contributed by atoms with E-state index in [-0.39, 0.29) is 0 Å². The molecule has 1 aliphatic heterocycles. The summed E-state index contributed by atoms with van der Waals surface area (Å²) < 4.78 is 2.33. The molecule has 1 fully saturated rings. The van der Waals surface area contributed by atoms with Gasteiger partial charge in [0.2, 0.25) is 0 Å². The molecule has 1 aromatic carbocycles. The number of halogens is 1. The first-order chi connectivity index (χ1) is 8.33. The molecule has 4 heteroatoms. The van der Waals surface area contributed by atoms with Crippen molar-refractivity contribution in [3.63, 3.8) is 0 Å². The van der Waals surface area contributed by atoms with Gasteiger partial charge in [0.15, 0.2) is 0 Å². The third kappa shape index (κ3) is 2.37. The summed E-state index contributed by atoms with van der Waals surface area (Å²) in [6, 6.07) is 10.6. The van der Waals surface area contributed by atoms with Gasteiger partial charge in [-0.3, -0.25) is 0 Å². The molecule has 0 aliphatic carbocycles. The van der Waals surface area contributed by atoms with E-state index in [1.165, 1.54) is 10.8 Å². The van der Waals surface area contributed by atoms with Crippen molar-refractivity contribution in [1.82, 2.24) is 8.10 Å². The van der Waals surface area contributed by atoms with Crippen molar-refractivity contribution in [3.05, 3.63) is 36.5 Å². The molecular formula is C13H14IN3. The molecule has 2 heterocycles. The first-order valence-electron chi connectivity index (χ1n) is 5.83. The largest absolute Gasteiger partial charge is 0.354 e. The molecular weight excluding hydrogens is 325 g/mol. The van der Waals surface area contributed by atoms with Gasteiger partial charge >= 0.3 is 0 Å². The first kappa shape index (κ1) is 11.2. The Balaban J connectivity index is 1.90. The predicted octanol–water partition coefficient (Wildman–Crippen LogP) is 2.71. The molecule has 0 radical (unpaired) electrons. The Morgan fingerprint density at radius 2 is 1.71 bits per heavy atom. The molecule has 0 bridgehead atoms. The van der Waals surface area contributed by atoms with Crippen molar-refractivity contribution in [2.24, 2.45) is 0 Å². The van der Waals surface area contributed by atoms with Gasteiger partial charge in [0.25, 0.3) is 0 Å². The topological polar surface area (TPSA) is 19.4 Å². The van der Waals surface area contributed by atoms with E-state index in [0.717, 1.165) is 32.0 Å². The van der Waals surface area contributed by atoms with Gasteiger partial charge < -0.3 is 4.90 Å². The van der Waals surface area contributed by atoms with Crippen LogP contribution in [0.25, 0.3) is 10.8 Å². The van der Waals surface area contributed by atoms with Gasteiger partial charge in [-0.1, -0.05) is 24.3 Å². The number of hydrogen-bond donors (Lipinski definition) is 0. The quantitative estimate of drug-likeness (QED) is 0.588.